The fourth-order valence-electron chi connectivity index (χ4n) is 2.35. The molecule has 0 unspecified atom stereocenters. The van der Waals surface area contributed by atoms with Crippen molar-refractivity contribution in [3.8, 4) is 0 Å². The Morgan fingerprint density at radius 2 is 1.80 bits per heavy atom. The maximum absolute atomic E-state index is 13.0. The highest BCUT2D eigenvalue weighted by Crippen LogP contribution is 2.29. The number of aliphatic hydroxyl groups excluding tert-OH is 2. The molecule has 5 heteroatoms. The molecule has 0 saturated carbocycles. The van der Waals surface area contributed by atoms with Crippen molar-refractivity contribution in [2.24, 2.45) is 7.05 Å². The van der Waals surface area contributed by atoms with Crippen molar-refractivity contribution in [2.75, 3.05) is 13.2 Å². The quantitative estimate of drug-likeness (QED) is 0.840. The molecule has 108 valence electrons. The van der Waals surface area contributed by atoms with E-state index < -0.39 is 5.41 Å². The third-order valence-electron chi connectivity index (χ3n) is 3.84. The minimum Gasteiger partial charge on any atom is -0.395 e. The molecule has 2 N–H and O–H groups in total. The molecule has 0 aliphatic rings. The molecule has 1 aromatic heterocycles. The topological polar surface area (TPSA) is 58.3 Å². The van der Waals surface area contributed by atoms with Gasteiger partial charge in [-0.15, -0.1) is 0 Å². The van der Waals surface area contributed by atoms with Crippen molar-refractivity contribution in [3.63, 3.8) is 0 Å². The predicted octanol–water partition coefficient (Wildman–Crippen LogP) is 1.41. The number of hydrogen-bond acceptors (Lipinski definition) is 3. The number of benzene rings is 1. The minimum absolute atomic E-state index is 0.188. The van der Waals surface area contributed by atoms with Gasteiger partial charge in [-0.25, -0.2) is 4.39 Å². The van der Waals surface area contributed by atoms with Gasteiger partial charge in [-0.05, 0) is 36.6 Å². The molecule has 0 aliphatic carbocycles. The minimum atomic E-state index is -0.766. The summed E-state index contributed by atoms with van der Waals surface area (Å²) >= 11 is 0. The van der Waals surface area contributed by atoms with E-state index in [1.165, 1.54) is 12.1 Å². The van der Waals surface area contributed by atoms with Crippen LogP contribution in [-0.2, 0) is 18.9 Å². The van der Waals surface area contributed by atoms with Gasteiger partial charge in [-0.3, -0.25) is 4.68 Å². The van der Waals surface area contributed by atoms with Gasteiger partial charge < -0.3 is 10.2 Å². The smallest absolute Gasteiger partial charge is 0.123 e. The molecule has 0 spiro atoms. The predicted molar refractivity (Wildman–Crippen MR) is 73.8 cm³/mol. The van der Waals surface area contributed by atoms with E-state index in [2.05, 4.69) is 5.10 Å². The summed E-state index contributed by atoms with van der Waals surface area (Å²) in [7, 11) is 1.85. The van der Waals surface area contributed by atoms with E-state index >= 15 is 0 Å². The first kappa shape index (κ1) is 14.7. The number of nitrogens with zero attached hydrogens (tertiary/aromatic N) is 2. The van der Waals surface area contributed by atoms with Crippen molar-refractivity contribution < 1.29 is 14.6 Å². The number of aryl methyl sites for hydroxylation is 2. The third kappa shape index (κ3) is 2.89. The fourth-order valence-corrected chi connectivity index (χ4v) is 2.35. The molecule has 1 heterocycles. The zero-order chi connectivity index (χ0) is 14.6. The zero-order valence-corrected chi connectivity index (χ0v) is 11.5. The molecular weight excluding hydrogens is 259 g/mol. The van der Waals surface area contributed by atoms with Crippen LogP contribution in [0.5, 0.6) is 0 Å². The van der Waals surface area contributed by atoms with Gasteiger partial charge in [-0.2, -0.15) is 5.10 Å². The van der Waals surface area contributed by atoms with Crippen molar-refractivity contribution in [3.05, 3.63) is 53.6 Å². The van der Waals surface area contributed by atoms with Gasteiger partial charge in [0.1, 0.15) is 5.82 Å². The molecular formula is C15H19FN2O2. The maximum Gasteiger partial charge on any atom is 0.123 e. The molecule has 0 bridgehead atoms. The van der Waals surface area contributed by atoms with Gasteiger partial charge in [-0.1, -0.05) is 12.1 Å². The van der Waals surface area contributed by atoms with Gasteiger partial charge in [0.15, 0.2) is 0 Å². The second-order valence-electron chi connectivity index (χ2n) is 5.05. The molecule has 0 atom stereocenters. The summed E-state index contributed by atoms with van der Waals surface area (Å²) < 4.78 is 14.8. The Labute approximate surface area is 117 Å². The van der Waals surface area contributed by atoms with E-state index in [0.717, 1.165) is 11.3 Å². The van der Waals surface area contributed by atoms with Crippen molar-refractivity contribution in [2.45, 2.75) is 18.3 Å². The van der Waals surface area contributed by atoms with Crippen LogP contribution in [0.1, 0.15) is 17.7 Å². The first-order valence-electron chi connectivity index (χ1n) is 6.56. The first-order valence-corrected chi connectivity index (χ1v) is 6.56. The molecule has 0 amide bonds. The summed E-state index contributed by atoms with van der Waals surface area (Å²) in [5.74, 6) is -0.329. The molecule has 1 aromatic carbocycles. The molecule has 0 radical (unpaired) electrons. The zero-order valence-electron chi connectivity index (χ0n) is 11.5. The second kappa shape index (κ2) is 6.15. The molecule has 2 aromatic rings. The highest BCUT2D eigenvalue weighted by atomic mass is 19.1. The van der Waals surface area contributed by atoms with Gasteiger partial charge in [0.25, 0.3) is 0 Å². The number of aliphatic hydroxyl groups is 2. The lowest BCUT2D eigenvalue weighted by Crippen LogP contribution is -2.35. The van der Waals surface area contributed by atoms with E-state index in [1.54, 1.807) is 23.0 Å². The van der Waals surface area contributed by atoms with Crippen LogP contribution < -0.4 is 0 Å². The van der Waals surface area contributed by atoms with Gasteiger partial charge in [0.05, 0.1) is 13.2 Å². The summed E-state index contributed by atoms with van der Waals surface area (Å²) in [6.45, 7) is -0.375. The lowest BCUT2D eigenvalue weighted by atomic mass is 9.77. The number of halogens is 1. The number of hydrogen-bond donors (Lipinski definition) is 2. The SMILES string of the molecule is Cn1nccc1CCC(CO)(CO)c1ccc(F)cc1. The fraction of sp³-hybridized carbons (Fsp3) is 0.400. The van der Waals surface area contributed by atoms with Crippen LogP contribution in [0.25, 0.3) is 0 Å². The summed E-state index contributed by atoms with van der Waals surface area (Å²) in [4.78, 5) is 0. The number of aromatic nitrogens is 2. The van der Waals surface area contributed by atoms with E-state index in [-0.39, 0.29) is 19.0 Å². The van der Waals surface area contributed by atoms with Gasteiger partial charge >= 0.3 is 0 Å². The standard InChI is InChI=1S/C15H19FN2O2/c1-18-14(7-9-17-18)6-8-15(10-19,11-20)12-2-4-13(16)5-3-12/h2-5,7,9,19-20H,6,8,10-11H2,1H3. The lowest BCUT2D eigenvalue weighted by Gasteiger charge is -2.30. The van der Waals surface area contributed by atoms with Crippen molar-refractivity contribution in [1.82, 2.24) is 9.78 Å². The van der Waals surface area contributed by atoms with Crippen molar-refractivity contribution in [1.29, 1.82) is 0 Å². The average Bonchev–Trinajstić information content (AvgIpc) is 2.88. The summed E-state index contributed by atoms with van der Waals surface area (Å²) in [6.07, 6.45) is 2.95. The monoisotopic (exact) mass is 278 g/mol. The van der Waals surface area contributed by atoms with Crippen LogP contribution in [0.3, 0.4) is 0 Å². The molecule has 20 heavy (non-hydrogen) atoms. The van der Waals surface area contributed by atoms with Crippen LogP contribution in [-0.4, -0.2) is 33.2 Å². The normalized spacial score (nSPS) is 11.8. The Morgan fingerprint density at radius 3 is 2.30 bits per heavy atom. The summed E-state index contributed by atoms with van der Waals surface area (Å²) in [6, 6.07) is 7.83. The van der Waals surface area contributed by atoms with Crippen LogP contribution in [0, 0.1) is 5.82 Å². The molecule has 0 fully saturated rings. The van der Waals surface area contributed by atoms with Crippen LogP contribution in [0.4, 0.5) is 4.39 Å². The Bertz CT molecular complexity index is 547. The van der Waals surface area contributed by atoms with Gasteiger partial charge in [0.2, 0.25) is 0 Å². The van der Waals surface area contributed by atoms with Gasteiger partial charge in [0, 0.05) is 24.4 Å². The summed E-state index contributed by atoms with van der Waals surface area (Å²) in [5.41, 5.74) is 1.00. The Balaban J connectivity index is 2.21. The molecule has 2 rings (SSSR count). The molecule has 0 aliphatic heterocycles. The highest BCUT2D eigenvalue weighted by molar-refractivity contribution is 5.27. The van der Waals surface area contributed by atoms with Crippen molar-refractivity contribution >= 4 is 0 Å². The van der Waals surface area contributed by atoms with E-state index in [0.29, 0.717) is 12.8 Å². The van der Waals surface area contributed by atoms with Crippen LogP contribution >= 0.6 is 0 Å². The van der Waals surface area contributed by atoms with E-state index in [1.807, 2.05) is 13.1 Å². The Kier molecular flexibility index (Phi) is 4.52. The van der Waals surface area contributed by atoms with Crippen LogP contribution in [0.2, 0.25) is 0 Å². The largest absolute Gasteiger partial charge is 0.395 e. The van der Waals surface area contributed by atoms with E-state index in [4.69, 9.17) is 0 Å². The maximum atomic E-state index is 13.0. The first-order chi connectivity index (χ1) is 9.61. The Morgan fingerprint density at radius 1 is 1.15 bits per heavy atom. The summed E-state index contributed by atoms with van der Waals surface area (Å²) in [5, 5.41) is 23.5. The lowest BCUT2D eigenvalue weighted by molar-refractivity contribution is 0.109. The molecule has 4 nitrogen and oxygen atoms in total. The van der Waals surface area contributed by atoms with E-state index in [9.17, 15) is 14.6 Å². The highest BCUT2D eigenvalue weighted by Gasteiger charge is 2.31. The second-order valence-corrected chi connectivity index (χ2v) is 5.05. The third-order valence-corrected chi connectivity index (χ3v) is 3.84. The average molecular weight is 278 g/mol. The number of rotatable bonds is 6. The molecule has 0 saturated heterocycles. The van der Waals surface area contributed by atoms with Crippen LogP contribution in [0.15, 0.2) is 36.5 Å². The Hall–Kier alpha value is -1.72.